The number of rotatable bonds is 3. The highest BCUT2D eigenvalue weighted by molar-refractivity contribution is 9.10. The molecule has 1 saturated heterocycles. The number of thioether (sulfide) groups is 1. The van der Waals surface area contributed by atoms with Gasteiger partial charge in [0, 0.05) is 16.1 Å². The number of carbonyl (C=O) groups excluding carboxylic acids is 1. The largest absolute Gasteiger partial charge is 0.495 e. The Morgan fingerprint density at radius 3 is 3.06 bits per heavy atom. The molecule has 0 saturated carbocycles. The fourth-order valence-electron chi connectivity index (χ4n) is 1.75. The van der Waals surface area contributed by atoms with Gasteiger partial charge in [0.25, 0.3) is 0 Å². The van der Waals surface area contributed by atoms with E-state index in [1.807, 2.05) is 30.0 Å². The van der Waals surface area contributed by atoms with E-state index in [1.54, 1.807) is 7.11 Å². The third-order valence-corrected chi connectivity index (χ3v) is 4.38. The zero-order valence-corrected chi connectivity index (χ0v) is 11.9. The summed E-state index contributed by atoms with van der Waals surface area (Å²) in [6, 6.07) is 5.59. The number of methoxy groups -OCH3 is 1. The first-order valence-electron chi connectivity index (χ1n) is 5.43. The summed E-state index contributed by atoms with van der Waals surface area (Å²) in [6.45, 7) is 0. The van der Waals surface area contributed by atoms with Crippen molar-refractivity contribution in [3.05, 3.63) is 22.7 Å². The number of amides is 1. The lowest BCUT2D eigenvalue weighted by atomic mass is 10.1. The molecule has 1 aliphatic heterocycles. The molecule has 0 radical (unpaired) electrons. The molecule has 1 aromatic carbocycles. The van der Waals surface area contributed by atoms with Crippen molar-refractivity contribution in [3.63, 3.8) is 0 Å². The zero-order chi connectivity index (χ0) is 12.3. The van der Waals surface area contributed by atoms with Crippen LogP contribution >= 0.6 is 27.7 Å². The van der Waals surface area contributed by atoms with Crippen molar-refractivity contribution in [1.82, 2.24) is 0 Å². The molecule has 1 heterocycles. The van der Waals surface area contributed by atoms with E-state index in [4.69, 9.17) is 4.74 Å². The summed E-state index contributed by atoms with van der Waals surface area (Å²) >= 11 is 5.22. The van der Waals surface area contributed by atoms with Crippen molar-refractivity contribution in [2.24, 2.45) is 5.92 Å². The lowest BCUT2D eigenvalue weighted by Gasteiger charge is -2.13. The highest BCUT2D eigenvalue weighted by Crippen LogP contribution is 2.30. The first-order valence-corrected chi connectivity index (χ1v) is 7.37. The second kappa shape index (κ2) is 5.78. The van der Waals surface area contributed by atoms with Crippen molar-refractivity contribution in [3.8, 4) is 5.75 Å². The van der Waals surface area contributed by atoms with Crippen molar-refractivity contribution < 1.29 is 9.53 Å². The Morgan fingerprint density at radius 2 is 2.41 bits per heavy atom. The second-order valence-corrected chi connectivity index (χ2v) is 5.96. The molecular weight excluding hydrogens is 302 g/mol. The Kier molecular flexibility index (Phi) is 4.34. The van der Waals surface area contributed by atoms with Crippen LogP contribution in [0.5, 0.6) is 5.75 Å². The van der Waals surface area contributed by atoms with Gasteiger partial charge in [0.15, 0.2) is 0 Å². The standard InChI is InChI=1S/C12H14BrNO2S/c1-16-11-3-2-9(13)6-10(11)14-12(15)8-4-5-17-7-8/h2-3,6,8H,4-5,7H2,1H3,(H,14,15). The van der Waals surface area contributed by atoms with Crippen molar-refractivity contribution >= 4 is 39.3 Å². The molecule has 1 unspecified atom stereocenters. The minimum absolute atomic E-state index is 0.0893. The van der Waals surface area contributed by atoms with Gasteiger partial charge in [-0.3, -0.25) is 4.79 Å². The predicted octanol–water partition coefficient (Wildman–Crippen LogP) is 3.15. The van der Waals surface area contributed by atoms with Gasteiger partial charge in [-0.15, -0.1) is 0 Å². The minimum Gasteiger partial charge on any atom is -0.495 e. The van der Waals surface area contributed by atoms with Gasteiger partial charge in [0.05, 0.1) is 12.8 Å². The Hall–Kier alpha value is -0.680. The summed E-state index contributed by atoms with van der Waals surface area (Å²) in [7, 11) is 1.60. The van der Waals surface area contributed by atoms with Crippen molar-refractivity contribution in [2.75, 3.05) is 23.9 Å². The van der Waals surface area contributed by atoms with Gasteiger partial charge < -0.3 is 10.1 Å². The lowest BCUT2D eigenvalue weighted by Crippen LogP contribution is -2.22. The van der Waals surface area contributed by atoms with Gasteiger partial charge in [0.2, 0.25) is 5.91 Å². The van der Waals surface area contributed by atoms with Gasteiger partial charge in [-0.25, -0.2) is 0 Å². The highest BCUT2D eigenvalue weighted by Gasteiger charge is 2.23. The normalized spacial score (nSPS) is 19.1. The predicted molar refractivity (Wildman–Crippen MR) is 74.8 cm³/mol. The molecule has 0 spiro atoms. The number of ether oxygens (including phenoxy) is 1. The van der Waals surface area contributed by atoms with Crippen LogP contribution in [0.3, 0.4) is 0 Å². The molecule has 1 fully saturated rings. The van der Waals surface area contributed by atoms with Gasteiger partial charge in [-0.1, -0.05) is 15.9 Å². The smallest absolute Gasteiger partial charge is 0.228 e. The van der Waals surface area contributed by atoms with Crippen LogP contribution in [0.2, 0.25) is 0 Å². The number of hydrogen-bond acceptors (Lipinski definition) is 3. The number of carbonyl (C=O) groups is 1. The number of halogens is 1. The van der Waals surface area contributed by atoms with Crippen LogP contribution in [0.4, 0.5) is 5.69 Å². The molecule has 17 heavy (non-hydrogen) atoms. The maximum atomic E-state index is 12.0. The first kappa shape index (κ1) is 12.8. The topological polar surface area (TPSA) is 38.3 Å². The molecule has 2 rings (SSSR count). The van der Waals surface area contributed by atoms with E-state index < -0.39 is 0 Å². The molecule has 1 atom stereocenters. The molecule has 0 aromatic heterocycles. The van der Waals surface area contributed by atoms with E-state index in [0.29, 0.717) is 5.75 Å². The number of nitrogens with one attached hydrogen (secondary N) is 1. The summed E-state index contributed by atoms with van der Waals surface area (Å²) in [4.78, 5) is 12.0. The summed E-state index contributed by atoms with van der Waals surface area (Å²) < 4.78 is 6.15. The zero-order valence-electron chi connectivity index (χ0n) is 9.53. The number of anilines is 1. The van der Waals surface area contributed by atoms with Crippen LogP contribution < -0.4 is 10.1 Å². The number of benzene rings is 1. The average molecular weight is 316 g/mol. The molecule has 5 heteroatoms. The van der Waals surface area contributed by atoms with Gasteiger partial charge in [0.1, 0.15) is 5.75 Å². The summed E-state index contributed by atoms with van der Waals surface area (Å²) in [5.41, 5.74) is 0.726. The van der Waals surface area contributed by atoms with Gasteiger partial charge >= 0.3 is 0 Å². The van der Waals surface area contributed by atoms with Crippen LogP contribution in [0, 0.1) is 5.92 Å². The Morgan fingerprint density at radius 1 is 1.59 bits per heavy atom. The maximum absolute atomic E-state index is 12.0. The van der Waals surface area contributed by atoms with Gasteiger partial charge in [-0.05, 0) is 30.4 Å². The SMILES string of the molecule is COc1ccc(Br)cc1NC(=O)C1CCSC1. The maximum Gasteiger partial charge on any atom is 0.228 e. The third kappa shape index (κ3) is 3.16. The van der Waals surface area contributed by atoms with Crippen molar-refractivity contribution in [2.45, 2.75) is 6.42 Å². The van der Waals surface area contributed by atoms with Crippen LogP contribution in [0.1, 0.15) is 6.42 Å². The van der Waals surface area contributed by atoms with E-state index in [0.717, 1.165) is 28.1 Å². The molecule has 0 bridgehead atoms. The quantitative estimate of drug-likeness (QED) is 0.931. The number of hydrogen-bond donors (Lipinski definition) is 1. The Balaban J connectivity index is 2.11. The second-order valence-electron chi connectivity index (χ2n) is 3.89. The lowest BCUT2D eigenvalue weighted by molar-refractivity contribution is -0.119. The Labute approximate surface area is 113 Å². The highest BCUT2D eigenvalue weighted by atomic mass is 79.9. The van der Waals surface area contributed by atoms with Crippen LogP contribution in [0.25, 0.3) is 0 Å². The van der Waals surface area contributed by atoms with E-state index >= 15 is 0 Å². The van der Waals surface area contributed by atoms with Crippen molar-refractivity contribution in [1.29, 1.82) is 0 Å². The monoisotopic (exact) mass is 315 g/mol. The molecule has 1 aromatic rings. The molecule has 0 aliphatic carbocycles. The molecule has 1 aliphatic rings. The third-order valence-electron chi connectivity index (χ3n) is 2.72. The fraction of sp³-hybridized carbons (Fsp3) is 0.417. The van der Waals surface area contributed by atoms with Crippen LogP contribution in [-0.2, 0) is 4.79 Å². The fourth-order valence-corrected chi connectivity index (χ4v) is 3.34. The summed E-state index contributed by atoms with van der Waals surface area (Å²) in [6.07, 6.45) is 0.965. The van der Waals surface area contributed by atoms with Crippen LogP contribution in [-0.4, -0.2) is 24.5 Å². The summed E-state index contributed by atoms with van der Waals surface area (Å²) in [5.74, 6) is 2.90. The van der Waals surface area contributed by atoms with E-state index in [-0.39, 0.29) is 11.8 Å². The van der Waals surface area contributed by atoms with E-state index in [2.05, 4.69) is 21.2 Å². The molecular formula is C12H14BrNO2S. The molecule has 1 amide bonds. The minimum atomic E-state index is 0.0893. The summed E-state index contributed by atoms with van der Waals surface area (Å²) in [5, 5.41) is 2.94. The first-order chi connectivity index (χ1) is 8.20. The van der Waals surface area contributed by atoms with Crippen LogP contribution in [0.15, 0.2) is 22.7 Å². The Bertz CT molecular complexity index is 419. The van der Waals surface area contributed by atoms with E-state index in [9.17, 15) is 4.79 Å². The molecule has 92 valence electrons. The average Bonchev–Trinajstić information content (AvgIpc) is 2.83. The van der Waals surface area contributed by atoms with Gasteiger partial charge in [-0.2, -0.15) is 11.8 Å². The molecule has 1 N–H and O–H groups in total. The van der Waals surface area contributed by atoms with E-state index in [1.165, 1.54) is 0 Å². The molecule has 3 nitrogen and oxygen atoms in total.